The quantitative estimate of drug-likeness (QED) is 0.792. The van der Waals surface area contributed by atoms with Crippen molar-refractivity contribution in [2.24, 2.45) is 5.41 Å². The van der Waals surface area contributed by atoms with Crippen LogP contribution in [0.3, 0.4) is 0 Å². The summed E-state index contributed by atoms with van der Waals surface area (Å²) in [6, 6.07) is 13.1. The fourth-order valence-electron chi connectivity index (χ4n) is 3.47. The molecule has 1 saturated heterocycles. The Morgan fingerprint density at radius 3 is 2.55 bits per heavy atom. The molecule has 0 aromatic heterocycles. The zero-order valence-electron chi connectivity index (χ0n) is 17.1. The minimum absolute atomic E-state index is 0.104. The Balaban J connectivity index is 1.64. The van der Waals surface area contributed by atoms with E-state index >= 15 is 0 Å². The largest absolute Gasteiger partial charge is 0.484 e. The topological polar surface area (TPSA) is 58.6 Å². The Hall–Kier alpha value is -2.89. The highest BCUT2D eigenvalue weighted by Gasteiger charge is 2.28. The van der Waals surface area contributed by atoms with Gasteiger partial charge in [0.2, 0.25) is 5.91 Å². The maximum atomic E-state index is 13.3. The Bertz CT molecular complexity index is 874. The third kappa shape index (κ3) is 5.34. The molecule has 0 radical (unpaired) electrons. The van der Waals surface area contributed by atoms with Crippen molar-refractivity contribution in [2.75, 3.05) is 18.1 Å². The summed E-state index contributed by atoms with van der Waals surface area (Å²) in [7, 11) is 0. The molecule has 1 heterocycles. The summed E-state index contributed by atoms with van der Waals surface area (Å²) in [5, 5.41) is 2.99. The van der Waals surface area contributed by atoms with Crippen LogP contribution in [0.15, 0.2) is 48.5 Å². The van der Waals surface area contributed by atoms with E-state index in [1.54, 1.807) is 29.2 Å². The average Bonchev–Trinajstić information content (AvgIpc) is 3.11. The van der Waals surface area contributed by atoms with Gasteiger partial charge in [-0.2, -0.15) is 0 Å². The van der Waals surface area contributed by atoms with Crippen LogP contribution in [0.4, 0.5) is 10.1 Å². The van der Waals surface area contributed by atoms with Crippen molar-refractivity contribution in [1.29, 1.82) is 0 Å². The maximum absolute atomic E-state index is 13.3. The predicted octanol–water partition coefficient (Wildman–Crippen LogP) is 4.23. The molecule has 1 unspecified atom stereocenters. The van der Waals surface area contributed by atoms with Crippen LogP contribution in [0.2, 0.25) is 0 Å². The minimum Gasteiger partial charge on any atom is -0.484 e. The molecular weight excluding hydrogens is 371 g/mol. The highest BCUT2D eigenvalue weighted by molar-refractivity contribution is 5.95. The van der Waals surface area contributed by atoms with E-state index in [-0.39, 0.29) is 35.7 Å². The molecule has 1 fully saturated rings. The first-order valence-electron chi connectivity index (χ1n) is 9.82. The molecule has 1 atom stereocenters. The van der Waals surface area contributed by atoms with Gasteiger partial charge in [0.1, 0.15) is 11.6 Å². The number of ether oxygens (including phenoxy) is 1. The number of benzene rings is 2. The molecule has 5 nitrogen and oxygen atoms in total. The van der Waals surface area contributed by atoms with Crippen molar-refractivity contribution in [2.45, 2.75) is 39.7 Å². The molecule has 1 N–H and O–H groups in total. The monoisotopic (exact) mass is 398 g/mol. The van der Waals surface area contributed by atoms with Gasteiger partial charge in [-0.1, -0.05) is 39.0 Å². The first-order valence-corrected chi connectivity index (χ1v) is 9.82. The number of amides is 2. The van der Waals surface area contributed by atoms with Gasteiger partial charge in [-0.15, -0.1) is 0 Å². The molecule has 0 spiro atoms. The van der Waals surface area contributed by atoms with Crippen molar-refractivity contribution < 1.29 is 18.7 Å². The van der Waals surface area contributed by atoms with Crippen molar-refractivity contribution in [3.63, 3.8) is 0 Å². The van der Waals surface area contributed by atoms with Gasteiger partial charge < -0.3 is 15.0 Å². The summed E-state index contributed by atoms with van der Waals surface area (Å²) >= 11 is 0. The summed E-state index contributed by atoms with van der Waals surface area (Å²) < 4.78 is 18.9. The van der Waals surface area contributed by atoms with Crippen LogP contribution in [-0.2, 0) is 9.59 Å². The zero-order valence-corrected chi connectivity index (χ0v) is 17.1. The van der Waals surface area contributed by atoms with Gasteiger partial charge in [0.15, 0.2) is 6.61 Å². The lowest BCUT2D eigenvalue weighted by molar-refractivity contribution is -0.124. The molecule has 1 aliphatic rings. The van der Waals surface area contributed by atoms with E-state index in [2.05, 4.69) is 5.32 Å². The molecule has 6 heteroatoms. The fourth-order valence-corrected chi connectivity index (χ4v) is 3.47. The number of hydrogen-bond donors (Lipinski definition) is 1. The first kappa shape index (κ1) is 20.8. The van der Waals surface area contributed by atoms with Gasteiger partial charge in [-0.25, -0.2) is 4.39 Å². The highest BCUT2D eigenvalue weighted by Crippen LogP contribution is 2.33. The molecule has 2 aromatic carbocycles. The fraction of sp³-hybridized carbons (Fsp3) is 0.391. The molecule has 154 valence electrons. The van der Waals surface area contributed by atoms with Gasteiger partial charge in [0.25, 0.3) is 5.91 Å². The zero-order chi connectivity index (χ0) is 21.0. The van der Waals surface area contributed by atoms with Gasteiger partial charge in [-0.05, 0) is 41.7 Å². The Labute approximate surface area is 170 Å². The van der Waals surface area contributed by atoms with Crippen LogP contribution >= 0.6 is 0 Å². The number of anilines is 1. The van der Waals surface area contributed by atoms with E-state index in [4.69, 9.17) is 4.74 Å². The number of nitrogens with zero attached hydrogens (tertiary/aromatic N) is 1. The normalized spacial score (nSPS) is 15.3. The number of rotatable bonds is 6. The van der Waals surface area contributed by atoms with E-state index in [9.17, 15) is 14.0 Å². The second kappa shape index (κ2) is 8.64. The lowest BCUT2D eigenvalue weighted by atomic mass is 9.82. The lowest BCUT2D eigenvalue weighted by Crippen LogP contribution is -2.39. The van der Waals surface area contributed by atoms with Crippen LogP contribution < -0.4 is 15.0 Å². The standard InChI is InChI=1S/C23H27FN2O3/c1-23(2,3)22(16-9-11-17(24)12-10-16)25-20(27)15-29-19-7-4-6-18(14-19)26-13-5-8-21(26)28/h4,6-7,9-12,14,22H,5,8,13,15H2,1-3H3,(H,25,27). The smallest absolute Gasteiger partial charge is 0.258 e. The minimum atomic E-state index is -0.313. The maximum Gasteiger partial charge on any atom is 0.258 e. The van der Waals surface area contributed by atoms with E-state index < -0.39 is 0 Å². The molecular formula is C23H27FN2O3. The molecule has 3 rings (SSSR count). The van der Waals surface area contributed by atoms with Crippen molar-refractivity contribution >= 4 is 17.5 Å². The lowest BCUT2D eigenvalue weighted by Gasteiger charge is -2.32. The number of hydrogen-bond acceptors (Lipinski definition) is 3. The molecule has 29 heavy (non-hydrogen) atoms. The predicted molar refractivity (Wildman–Crippen MR) is 110 cm³/mol. The van der Waals surface area contributed by atoms with Crippen molar-refractivity contribution in [1.82, 2.24) is 5.32 Å². The highest BCUT2D eigenvalue weighted by atomic mass is 19.1. The van der Waals surface area contributed by atoms with Crippen molar-refractivity contribution in [3.05, 3.63) is 59.9 Å². The van der Waals surface area contributed by atoms with Gasteiger partial charge >= 0.3 is 0 Å². The number of carbonyl (C=O) groups excluding carboxylic acids is 2. The van der Waals surface area contributed by atoms with E-state index in [1.165, 1.54) is 12.1 Å². The van der Waals surface area contributed by atoms with Crippen LogP contribution in [0.5, 0.6) is 5.75 Å². The van der Waals surface area contributed by atoms with Crippen LogP contribution in [-0.4, -0.2) is 25.0 Å². The summed E-state index contributed by atoms with van der Waals surface area (Å²) in [5.41, 5.74) is 1.36. The van der Waals surface area contributed by atoms with Crippen LogP contribution in [0.1, 0.15) is 45.2 Å². The Kier molecular flexibility index (Phi) is 6.20. The Morgan fingerprint density at radius 2 is 1.93 bits per heavy atom. The van der Waals surface area contributed by atoms with E-state index in [0.29, 0.717) is 18.7 Å². The SMILES string of the molecule is CC(C)(C)C(NC(=O)COc1cccc(N2CCCC2=O)c1)c1ccc(F)cc1. The number of carbonyl (C=O) groups is 2. The molecule has 1 aliphatic heterocycles. The van der Waals surface area contributed by atoms with E-state index in [0.717, 1.165) is 17.7 Å². The second-order valence-electron chi connectivity index (χ2n) is 8.35. The molecule has 2 amide bonds. The van der Waals surface area contributed by atoms with Crippen LogP contribution in [0.25, 0.3) is 0 Å². The number of halogens is 1. The second-order valence-corrected chi connectivity index (χ2v) is 8.35. The van der Waals surface area contributed by atoms with Crippen LogP contribution in [0, 0.1) is 11.2 Å². The third-order valence-corrected chi connectivity index (χ3v) is 4.95. The average molecular weight is 398 g/mol. The van der Waals surface area contributed by atoms with Gasteiger partial charge in [-0.3, -0.25) is 9.59 Å². The first-order chi connectivity index (χ1) is 13.7. The molecule has 0 saturated carbocycles. The summed E-state index contributed by atoms with van der Waals surface area (Å²) in [5.74, 6) is 0.0583. The Morgan fingerprint density at radius 1 is 1.21 bits per heavy atom. The molecule has 0 aliphatic carbocycles. The summed E-state index contributed by atoms with van der Waals surface area (Å²) in [6.07, 6.45) is 1.41. The third-order valence-electron chi connectivity index (χ3n) is 4.95. The van der Waals surface area contributed by atoms with E-state index in [1.807, 2.05) is 32.9 Å². The molecule has 2 aromatic rings. The number of nitrogens with one attached hydrogen (secondary N) is 1. The summed E-state index contributed by atoms with van der Waals surface area (Å²) in [4.78, 5) is 26.2. The van der Waals surface area contributed by atoms with Gasteiger partial charge in [0.05, 0.1) is 6.04 Å². The molecule has 0 bridgehead atoms. The van der Waals surface area contributed by atoms with Gasteiger partial charge in [0, 0.05) is 24.7 Å². The van der Waals surface area contributed by atoms with Crippen molar-refractivity contribution in [3.8, 4) is 5.75 Å². The summed E-state index contributed by atoms with van der Waals surface area (Å²) in [6.45, 7) is 6.59.